The van der Waals surface area contributed by atoms with Crippen LogP contribution in [-0.4, -0.2) is 37.0 Å². The van der Waals surface area contributed by atoms with E-state index in [1.807, 2.05) is 0 Å². The van der Waals surface area contributed by atoms with Crippen molar-refractivity contribution in [2.75, 3.05) is 42.1 Å². The van der Waals surface area contributed by atoms with Crippen molar-refractivity contribution in [1.82, 2.24) is 4.90 Å². The van der Waals surface area contributed by atoms with Gasteiger partial charge < -0.3 is 20.9 Å². The third-order valence-corrected chi connectivity index (χ3v) is 4.98. The summed E-state index contributed by atoms with van der Waals surface area (Å²) < 4.78 is 27.9. The van der Waals surface area contributed by atoms with Crippen molar-refractivity contribution in [3.8, 4) is 0 Å². The van der Waals surface area contributed by atoms with E-state index in [0.29, 0.717) is 34.7 Å². The molecule has 0 radical (unpaired) electrons. The third-order valence-electron chi connectivity index (χ3n) is 4.98. The first kappa shape index (κ1) is 20.8. The van der Waals surface area contributed by atoms with E-state index in [4.69, 9.17) is 0 Å². The maximum absolute atomic E-state index is 14.4. The molecule has 1 aliphatic rings. The number of hydrogen-bond acceptors (Lipinski definition) is 4. The van der Waals surface area contributed by atoms with E-state index in [0.717, 1.165) is 26.1 Å². The first-order chi connectivity index (χ1) is 14.0. The van der Waals surface area contributed by atoms with Crippen molar-refractivity contribution >= 4 is 28.5 Å². The molecule has 0 saturated carbocycles. The molecule has 1 heterocycles. The number of nitrogens with zero attached hydrogens (tertiary/aromatic N) is 1. The number of hydrogen-bond donors (Lipinski definition) is 3. The van der Waals surface area contributed by atoms with Gasteiger partial charge in [0.25, 0.3) is 5.91 Å². The van der Waals surface area contributed by atoms with Gasteiger partial charge in [-0.15, -0.1) is 0 Å². The van der Waals surface area contributed by atoms with E-state index in [9.17, 15) is 13.6 Å². The number of amides is 1. The van der Waals surface area contributed by atoms with Gasteiger partial charge >= 0.3 is 0 Å². The number of rotatable bonds is 9. The highest BCUT2D eigenvalue weighted by atomic mass is 19.1. The van der Waals surface area contributed by atoms with Crippen molar-refractivity contribution < 1.29 is 13.6 Å². The van der Waals surface area contributed by atoms with Crippen LogP contribution in [-0.2, 0) is 4.79 Å². The number of fused-ring (bicyclic) bond motifs is 1. The van der Waals surface area contributed by atoms with Crippen molar-refractivity contribution in [3.05, 3.63) is 59.8 Å². The molecule has 0 aromatic heterocycles. The standard InChI is InChI=1S/C22H26F2N4O/c1-3-28(4-2)11-5-10-25-21-9-7-16(13-19(21)24)26-14-18-17-12-15(23)6-8-20(17)27-22(18)29/h6-9,12-14,25-26H,3-5,10-11H2,1-2H3,(H,27,29)/b18-14-. The molecule has 3 N–H and O–H groups in total. The lowest BCUT2D eigenvalue weighted by atomic mass is 10.1. The molecule has 0 atom stereocenters. The fourth-order valence-electron chi connectivity index (χ4n) is 3.27. The zero-order valence-corrected chi connectivity index (χ0v) is 16.7. The Kier molecular flexibility index (Phi) is 6.82. The average molecular weight is 400 g/mol. The number of benzene rings is 2. The summed E-state index contributed by atoms with van der Waals surface area (Å²) >= 11 is 0. The fraction of sp³-hybridized carbons (Fsp3) is 0.318. The van der Waals surface area contributed by atoms with E-state index in [2.05, 4.69) is 34.7 Å². The van der Waals surface area contributed by atoms with Crippen LogP contribution >= 0.6 is 0 Å². The Bertz CT molecular complexity index is 910. The summed E-state index contributed by atoms with van der Waals surface area (Å²) in [7, 11) is 0. The van der Waals surface area contributed by atoms with Crippen LogP contribution in [0, 0.1) is 11.6 Å². The molecule has 2 aromatic carbocycles. The molecule has 5 nitrogen and oxygen atoms in total. The second-order valence-corrected chi connectivity index (χ2v) is 6.85. The summed E-state index contributed by atoms with van der Waals surface area (Å²) in [4.78, 5) is 14.4. The Balaban J connectivity index is 1.61. The summed E-state index contributed by atoms with van der Waals surface area (Å²) in [6.07, 6.45) is 2.39. The highest BCUT2D eigenvalue weighted by molar-refractivity contribution is 6.31. The molecule has 0 fully saturated rings. The maximum atomic E-state index is 14.4. The fourth-order valence-corrected chi connectivity index (χ4v) is 3.27. The van der Waals surface area contributed by atoms with Gasteiger partial charge in [0.15, 0.2) is 0 Å². The Labute approximate surface area is 169 Å². The number of nitrogens with one attached hydrogen (secondary N) is 3. The summed E-state index contributed by atoms with van der Waals surface area (Å²) in [5, 5.41) is 8.71. The maximum Gasteiger partial charge on any atom is 0.257 e. The minimum atomic E-state index is -0.423. The normalized spacial score (nSPS) is 14.2. The highest BCUT2D eigenvalue weighted by Crippen LogP contribution is 2.32. The number of anilines is 3. The molecule has 7 heteroatoms. The van der Waals surface area contributed by atoms with Crippen LogP contribution in [0.1, 0.15) is 25.8 Å². The summed E-state index contributed by atoms with van der Waals surface area (Å²) in [6.45, 7) is 7.93. The number of carbonyl (C=O) groups is 1. The van der Waals surface area contributed by atoms with Crippen LogP contribution in [0.4, 0.5) is 25.8 Å². The predicted octanol–water partition coefficient (Wildman–Crippen LogP) is 4.51. The summed E-state index contributed by atoms with van der Waals surface area (Å²) in [6, 6.07) is 8.86. The minimum absolute atomic E-state index is 0.304. The van der Waals surface area contributed by atoms with Crippen molar-refractivity contribution in [1.29, 1.82) is 0 Å². The van der Waals surface area contributed by atoms with Gasteiger partial charge in [-0.05, 0) is 62.5 Å². The summed E-state index contributed by atoms with van der Waals surface area (Å²) in [5.41, 5.74) is 2.28. The lowest BCUT2D eigenvalue weighted by Gasteiger charge is -2.18. The lowest BCUT2D eigenvalue weighted by Crippen LogP contribution is -2.25. The lowest BCUT2D eigenvalue weighted by molar-refractivity contribution is -0.110. The van der Waals surface area contributed by atoms with E-state index in [1.54, 1.807) is 12.1 Å². The largest absolute Gasteiger partial charge is 0.383 e. The van der Waals surface area contributed by atoms with Gasteiger partial charge in [-0.3, -0.25) is 4.79 Å². The van der Waals surface area contributed by atoms with Gasteiger partial charge in [0.1, 0.15) is 11.6 Å². The van der Waals surface area contributed by atoms with Gasteiger partial charge in [0.05, 0.1) is 11.3 Å². The Hall–Kier alpha value is -2.93. The SMILES string of the molecule is CCN(CC)CCCNc1ccc(N/C=C2\C(=O)Nc3ccc(F)cc32)cc1F. The molecule has 0 bridgehead atoms. The zero-order chi connectivity index (χ0) is 20.8. The molecular weight excluding hydrogens is 374 g/mol. The quantitative estimate of drug-likeness (QED) is 0.428. The molecule has 29 heavy (non-hydrogen) atoms. The molecule has 1 amide bonds. The first-order valence-corrected chi connectivity index (χ1v) is 9.85. The van der Waals surface area contributed by atoms with E-state index >= 15 is 0 Å². The Morgan fingerprint density at radius 1 is 1.10 bits per heavy atom. The molecule has 0 aliphatic carbocycles. The zero-order valence-electron chi connectivity index (χ0n) is 16.7. The monoisotopic (exact) mass is 400 g/mol. The Morgan fingerprint density at radius 3 is 2.62 bits per heavy atom. The van der Waals surface area contributed by atoms with Crippen LogP contribution in [0.15, 0.2) is 42.6 Å². The second-order valence-electron chi connectivity index (χ2n) is 6.85. The van der Waals surface area contributed by atoms with Crippen molar-refractivity contribution in [2.45, 2.75) is 20.3 Å². The van der Waals surface area contributed by atoms with Crippen LogP contribution in [0.25, 0.3) is 5.57 Å². The molecule has 154 valence electrons. The summed E-state index contributed by atoms with van der Waals surface area (Å²) in [5.74, 6) is -1.13. The van der Waals surface area contributed by atoms with Crippen molar-refractivity contribution in [3.63, 3.8) is 0 Å². The molecular formula is C22H26F2N4O. The first-order valence-electron chi connectivity index (χ1n) is 9.85. The molecule has 2 aromatic rings. The predicted molar refractivity (Wildman–Crippen MR) is 114 cm³/mol. The molecule has 3 rings (SSSR count). The smallest absolute Gasteiger partial charge is 0.257 e. The van der Waals surface area contributed by atoms with Crippen LogP contribution in [0.2, 0.25) is 0 Å². The average Bonchev–Trinajstić information content (AvgIpc) is 3.02. The molecule has 0 spiro atoms. The van der Waals surface area contributed by atoms with Crippen LogP contribution < -0.4 is 16.0 Å². The van der Waals surface area contributed by atoms with E-state index in [1.165, 1.54) is 30.5 Å². The third kappa shape index (κ3) is 5.12. The van der Waals surface area contributed by atoms with Gasteiger partial charge in [-0.1, -0.05) is 13.8 Å². The van der Waals surface area contributed by atoms with Crippen LogP contribution in [0.3, 0.4) is 0 Å². The van der Waals surface area contributed by atoms with E-state index < -0.39 is 5.82 Å². The number of halogens is 2. The van der Waals surface area contributed by atoms with Gasteiger partial charge in [-0.25, -0.2) is 8.78 Å². The highest BCUT2D eigenvalue weighted by Gasteiger charge is 2.24. The second kappa shape index (κ2) is 9.52. The Morgan fingerprint density at radius 2 is 1.90 bits per heavy atom. The van der Waals surface area contributed by atoms with E-state index in [-0.39, 0.29) is 11.7 Å². The van der Waals surface area contributed by atoms with Gasteiger partial charge in [0, 0.05) is 29.7 Å². The molecule has 1 aliphatic heterocycles. The molecule has 0 unspecified atom stereocenters. The topological polar surface area (TPSA) is 56.4 Å². The van der Waals surface area contributed by atoms with Crippen LogP contribution in [0.5, 0.6) is 0 Å². The van der Waals surface area contributed by atoms with Gasteiger partial charge in [0.2, 0.25) is 0 Å². The number of carbonyl (C=O) groups excluding carboxylic acids is 1. The minimum Gasteiger partial charge on any atom is -0.383 e. The van der Waals surface area contributed by atoms with Gasteiger partial charge in [-0.2, -0.15) is 0 Å². The van der Waals surface area contributed by atoms with Crippen molar-refractivity contribution in [2.24, 2.45) is 0 Å². The molecule has 0 saturated heterocycles.